The third-order valence-electron chi connectivity index (χ3n) is 5.06. The van der Waals surface area contributed by atoms with Gasteiger partial charge in [-0.15, -0.1) is 0 Å². The molecule has 1 aromatic carbocycles. The average molecular weight is 371 g/mol. The van der Waals surface area contributed by atoms with Crippen LogP contribution in [0.1, 0.15) is 34.5 Å². The lowest BCUT2D eigenvalue weighted by Gasteiger charge is -2.29. The molecule has 1 saturated heterocycles. The number of carbonyl (C=O) groups is 1. The third kappa shape index (κ3) is 3.12. The number of carbonyl (C=O) groups excluding carboxylic acids is 1. The number of aromatic nitrogens is 1. The highest BCUT2D eigenvalue weighted by Gasteiger charge is 2.29. The Hall–Kier alpha value is -2.25. The van der Waals surface area contributed by atoms with Crippen molar-refractivity contribution in [3.8, 4) is 0 Å². The Labute approximate surface area is 153 Å². The standard InChI is InChI=1S/C19H21N3O3S/c23-19(18-5-1-2-9-20-18)21-12-8-15-6-7-17(13-16(15)14-21)26(24,25)22-10-3-4-11-22/h1-2,5-7,9,13H,3-4,8,10-12,14H2. The summed E-state index contributed by atoms with van der Waals surface area (Å²) in [6.07, 6.45) is 4.15. The predicted octanol–water partition coefficient (Wildman–Crippen LogP) is 2.06. The number of amides is 1. The van der Waals surface area contributed by atoms with E-state index in [1.165, 1.54) is 0 Å². The fourth-order valence-electron chi connectivity index (χ4n) is 3.60. The highest BCUT2D eigenvalue weighted by Crippen LogP contribution is 2.26. The van der Waals surface area contributed by atoms with Gasteiger partial charge in [-0.25, -0.2) is 8.42 Å². The van der Waals surface area contributed by atoms with Gasteiger partial charge in [0.2, 0.25) is 10.0 Å². The van der Waals surface area contributed by atoms with E-state index in [1.54, 1.807) is 45.7 Å². The van der Waals surface area contributed by atoms with Crippen molar-refractivity contribution in [3.63, 3.8) is 0 Å². The Morgan fingerprint density at radius 3 is 2.54 bits per heavy atom. The Morgan fingerprint density at radius 1 is 1.00 bits per heavy atom. The molecule has 1 amide bonds. The highest BCUT2D eigenvalue weighted by atomic mass is 32.2. The number of pyridine rings is 1. The fraction of sp³-hybridized carbons (Fsp3) is 0.368. The van der Waals surface area contributed by atoms with Crippen LogP contribution in [0, 0.1) is 0 Å². The van der Waals surface area contributed by atoms with E-state index in [1.807, 2.05) is 6.07 Å². The molecule has 2 aliphatic rings. The highest BCUT2D eigenvalue weighted by molar-refractivity contribution is 7.89. The summed E-state index contributed by atoms with van der Waals surface area (Å²) in [5.74, 6) is -0.121. The van der Waals surface area contributed by atoms with Crippen LogP contribution < -0.4 is 0 Å². The minimum atomic E-state index is -3.44. The summed E-state index contributed by atoms with van der Waals surface area (Å²) in [6, 6.07) is 10.6. The average Bonchev–Trinajstić information content (AvgIpc) is 3.23. The van der Waals surface area contributed by atoms with Crippen LogP contribution in [-0.2, 0) is 23.0 Å². The number of fused-ring (bicyclic) bond motifs is 1. The van der Waals surface area contributed by atoms with Gasteiger partial charge in [0.05, 0.1) is 4.90 Å². The smallest absolute Gasteiger partial charge is 0.272 e. The first-order valence-corrected chi connectivity index (χ1v) is 10.3. The van der Waals surface area contributed by atoms with Gasteiger partial charge >= 0.3 is 0 Å². The van der Waals surface area contributed by atoms with Crippen LogP contribution in [0.2, 0.25) is 0 Å². The molecule has 2 aromatic rings. The molecule has 136 valence electrons. The van der Waals surface area contributed by atoms with Crippen LogP contribution in [0.25, 0.3) is 0 Å². The molecule has 0 N–H and O–H groups in total. The fourth-order valence-corrected chi connectivity index (χ4v) is 5.16. The van der Waals surface area contributed by atoms with E-state index in [0.29, 0.717) is 36.8 Å². The largest absolute Gasteiger partial charge is 0.333 e. The minimum absolute atomic E-state index is 0.121. The van der Waals surface area contributed by atoms with Gasteiger partial charge in [0, 0.05) is 32.4 Å². The van der Waals surface area contributed by atoms with Crippen LogP contribution >= 0.6 is 0 Å². The molecule has 0 radical (unpaired) electrons. The van der Waals surface area contributed by atoms with Gasteiger partial charge in [-0.2, -0.15) is 4.31 Å². The second-order valence-electron chi connectivity index (χ2n) is 6.73. The van der Waals surface area contributed by atoms with E-state index in [0.717, 1.165) is 30.4 Å². The lowest BCUT2D eigenvalue weighted by atomic mass is 9.99. The van der Waals surface area contributed by atoms with Gasteiger partial charge in [0.15, 0.2) is 0 Å². The third-order valence-corrected chi connectivity index (χ3v) is 6.96. The summed E-state index contributed by atoms with van der Waals surface area (Å²) >= 11 is 0. The van der Waals surface area contributed by atoms with E-state index < -0.39 is 10.0 Å². The molecule has 0 bridgehead atoms. The van der Waals surface area contributed by atoms with E-state index in [2.05, 4.69) is 4.98 Å². The van der Waals surface area contributed by atoms with Crippen molar-refractivity contribution in [2.45, 2.75) is 30.7 Å². The molecule has 0 spiro atoms. The second-order valence-corrected chi connectivity index (χ2v) is 8.67. The molecule has 6 nitrogen and oxygen atoms in total. The molecule has 4 rings (SSSR count). The molecule has 0 atom stereocenters. The number of hydrogen-bond donors (Lipinski definition) is 0. The maximum Gasteiger partial charge on any atom is 0.272 e. The first-order valence-electron chi connectivity index (χ1n) is 8.88. The van der Waals surface area contributed by atoms with Gasteiger partial charge in [-0.3, -0.25) is 9.78 Å². The van der Waals surface area contributed by atoms with Crippen molar-refractivity contribution in [1.82, 2.24) is 14.2 Å². The van der Waals surface area contributed by atoms with Crippen LogP contribution in [0.15, 0.2) is 47.5 Å². The van der Waals surface area contributed by atoms with Crippen LogP contribution in [-0.4, -0.2) is 48.1 Å². The lowest BCUT2D eigenvalue weighted by Crippen LogP contribution is -2.36. The zero-order chi connectivity index (χ0) is 18.1. The van der Waals surface area contributed by atoms with Crippen LogP contribution in [0.3, 0.4) is 0 Å². The number of rotatable bonds is 3. The van der Waals surface area contributed by atoms with Crippen LogP contribution in [0.4, 0.5) is 0 Å². The Morgan fingerprint density at radius 2 is 1.81 bits per heavy atom. The molecule has 0 aliphatic carbocycles. The first kappa shape index (κ1) is 17.2. The van der Waals surface area contributed by atoms with Crippen molar-refractivity contribution in [1.29, 1.82) is 0 Å². The normalized spacial score (nSPS) is 17.9. The Kier molecular flexibility index (Phi) is 4.50. The number of benzene rings is 1. The van der Waals surface area contributed by atoms with Gasteiger partial charge in [-0.1, -0.05) is 12.1 Å². The van der Waals surface area contributed by atoms with E-state index in [9.17, 15) is 13.2 Å². The van der Waals surface area contributed by atoms with E-state index in [-0.39, 0.29) is 5.91 Å². The zero-order valence-electron chi connectivity index (χ0n) is 14.5. The van der Waals surface area contributed by atoms with Gasteiger partial charge in [-0.05, 0) is 54.7 Å². The summed E-state index contributed by atoms with van der Waals surface area (Å²) in [5.41, 5.74) is 2.42. The first-order chi connectivity index (χ1) is 12.6. The van der Waals surface area contributed by atoms with Crippen molar-refractivity contribution >= 4 is 15.9 Å². The minimum Gasteiger partial charge on any atom is -0.333 e. The monoisotopic (exact) mass is 371 g/mol. The molecule has 0 unspecified atom stereocenters. The SMILES string of the molecule is O=C(c1ccccn1)N1CCc2ccc(S(=O)(=O)N3CCCC3)cc2C1. The summed E-state index contributed by atoms with van der Waals surface area (Å²) in [4.78, 5) is 18.8. The second kappa shape index (κ2) is 6.81. The summed E-state index contributed by atoms with van der Waals surface area (Å²) < 4.78 is 27.1. The molecular formula is C19H21N3O3S. The van der Waals surface area contributed by atoms with Gasteiger partial charge in [0.25, 0.3) is 5.91 Å². The maximum absolute atomic E-state index is 12.8. The molecule has 0 saturated carbocycles. The maximum atomic E-state index is 12.8. The topological polar surface area (TPSA) is 70.6 Å². The molecular weight excluding hydrogens is 350 g/mol. The Balaban J connectivity index is 1.59. The molecule has 26 heavy (non-hydrogen) atoms. The van der Waals surface area contributed by atoms with Gasteiger partial charge in [0.1, 0.15) is 5.69 Å². The summed E-state index contributed by atoms with van der Waals surface area (Å²) in [6.45, 7) is 2.20. The quantitative estimate of drug-likeness (QED) is 0.828. The lowest BCUT2D eigenvalue weighted by molar-refractivity contribution is 0.0728. The zero-order valence-corrected chi connectivity index (χ0v) is 15.3. The van der Waals surface area contributed by atoms with Crippen molar-refractivity contribution in [2.24, 2.45) is 0 Å². The van der Waals surface area contributed by atoms with E-state index in [4.69, 9.17) is 0 Å². The number of hydrogen-bond acceptors (Lipinski definition) is 4. The Bertz CT molecular complexity index is 922. The molecule has 2 aliphatic heterocycles. The van der Waals surface area contributed by atoms with Crippen LogP contribution in [0.5, 0.6) is 0 Å². The van der Waals surface area contributed by atoms with Crippen molar-refractivity contribution < 1.29 is 13.2 Å². The molecule has 7 heteroatoms. The molecule has 1 aromatic heterocycles. The predicted molar refractivity (Wildman–Crippen MR) is 97.1 cm³/mol. The van der Waals surface area contributed by atoms with E-state index >= 15 is 0 Å². The van der Waals surface area contributed by atoms with Gasteiger partial charge < -0.3 is 4.90 Å². The van der Waals surface area contributed by atoms with Crippen molar-refractivity contribution in [2.75, 3.05) is 19.6 Å². The summed E-state index contributed by atoms with van der Waals surface area (Å²) in [5, 5.41) is 0. The number of sulfonamides is 1. The van der Waals surface area contributed by atoms with Crippen molar-refractivity contribution in [3.05, 3.63) is 59.4 Å². The molecule has 3 heterocycles. The molecule has 1 fully saturated rings. The summed E-state index contributed by atoms with van der Waals surface area (Å²) in [7, 11) is -3.44. The number of nitrogens with zero attached hydrogens (tertiary/aromatic N) is 3.